The van der Waals surface area contributed by atoms with Crippen LogP contribution in [0.5, 0.6) is 11.5 Å². The fourth-order valence-corrected chi connectivity index (χ4v) is 3.11. The second-order valence-corrected chi connectivity index (χ2v) is 7.06. The van der Waals surface area contributed by atoms with E-state index in [1.807, 2.05) is 32.0 Å². The number of fused-ring (bicyclic) bond motifs is 1. The minimum absolute atomic E-state index is 0.00586. The molecule has 0 fully saturated rings. The van der Waals surface area contributed by atoms with Gasteiger partial charge in [0, 0.05) is 0 Å². The standard InChI is InChI=1S/C21H22F3NO3/c1-13(2)20(15-5-8-17-18(12-15)28-10-9-27-17)25-19(26)11-14-3-6-16(7-4-14)21(22,23)24/h3-8,12-13,20H,9-11H2,1-2H3,(H,25,26)/t20-/m0/s1. The summed E-state index contributed by atoms with van der Waals surface area (Å²) in [7, 11) is 0. The topological polar surface area (TPSA) is 47.6 Å². The summed E-state index contributed by atoms with van der Waals surface area (Å²) in [5.41, 5.74) is 0.684. The van der Waals surface area contributed by atoms with Crippen LogP contribution in [0.2, 0.25) is 0 Å². The number of hydrogen-bond donors (Lipinski definition) is 1. The third kappa shape index (κ3) is 4.77. The van der Waals surface area contributed by atoms with E-state index in [1.165, 1.54) is 12.1 Å². The molecule has 4 nitrogen and oxygen atoms in total. The van der Waals surface area contributed by atoms with Crippen LogP contribution in [-0.4, -0.2) is 19.1 Å². The molecule has 2 aromatic carbocycles. The monoisotopic (exact) mass is 393 g/mol. The van der Waals surface area contributed by atoms with Crippen LogP contribution >= 0.6 is 0 Å². The Morgan fingerprint density at radius 1 is 1.04 bits per heavy atom. The first-order chi connectivity index (χ1) is 13.2. The van der Waals surface area contributed by atoms with Gasteiger partial charge in [-0.15, -0.1) is 0 Å². The Balaban J connectivity index is 1.69. The second-order valence-electron chi connectivity index (χ2n) is 7.06. The fourth-order valence-electron chi connectivity index (χ4n) is 3.11. The molecule has 0 aliphatic carbocycles. The number of amides is 1. The van der Waals surface area contributed by atoms with Gasteiger partial charge in [-0.1, -0.05) is 32.0 Å². The van der Waals surface area contributed by atoms with E-state index in [0.29, 0.717) is 30.3 Å². The summed E-state index contributed by atoms with van der Waals surface area (Å²) in [5.74, 6) is 1.17. The van der Waals surface area contributed by atoms with Crippen LogP contribution in [0.3, 0.4) is 0 Å². The van der Waals surface area contributed by atoms with Gasteiger partial charge < -0.3 is 14.8 Å². The predicted molar refractivity (Wildman–Crippen MR) is 98.3 cm³/mol. The molecule has 150 valence electrons. The van der Waals surface area contributed by atoms with E-state index in [2.05, 4.69) is 5.32 Å². The first kappa shape index (κ1) is 20.0. The van der Waals surface area contributed by atoms with E-state index in [-0.39, 0.29) is 24.3 Å². The molecule has 1 aliphatic rings. The molecule has 0 radical (unpaired) electrons. The number of alkyl halides is 3. The molecule has 0 spiro atoms. The zero-order chi connectivity index (χ0) is 20.3. The SMILES string of the molecule is CC(C)[C@H](NC(=O)Cc1ccc(C(F)(F)F)cc1)c1ccc2c(c1)OCCO2. The molecular weight excluding hydrogens is 371 g/mol. The zero-order valence-corrected chi connectivity index (χ0v) is 15.7. The van der Waals surface area contributed by atoms with Crippen molar-refractivity contribution < 1.29 is 27.4 Å². The number of carbonyl (C=O) groups is 1. The van der Waals surface area contributed by atoms with Crippen molar-refractivity contribution in [2.75, 3.05) is 13.2 Å². The summed E-state index contributed by atoms with van der Waals surface area (Å²) in [6.45, 7) is 4.95. The quantitative estimate of drug-likeness (QED) is 0.812. The van der Waals surface area contributed by atoms with E-state index in [9.17, 15) is 18.0 Å². The number of halogens is 3. The van der Waals surface area contributed by atoms with Gasteiger partial charge in [-0.05, 0) is 41.3 Å². The van der Waals surface area contributed by atoms with Gasteiger partial charge in [0.05, 0.1) is 18.0 Å². The third-order valence-electron chi connectivity index (χ3n) is 4.55. The van der Waals surface area contributed by atoms with Gasteiger partial charge in [-0.3, -0.25) is 4.79 Å². The van der Waals surface area contributed by atoms with E-state index in [1.54, 1.807) is 0 Å². The molecule has 0 saturated carbocycles. The number of benzene rings is 2. The van der Waals surface area contributed by atoms with Gasteiger partial charge in [-0.2, -0.15) is 13.2 Å². The molecule has 7 heteroatoms. The lowest BCUT2D eigenvalue weighted by Gasteiger charge is -2.25. The summed E-state index contributed by atoms with van der Waals surface area (Å²) >= 11 is 0. The van der Waals surface area contributed by atoms with Crippen molar-refractivity contribution in [1.29, 1.82) is 0 Å². The Kier molecular flexibility index (Phi) is 5.82. The van der Waals surface area contributed by atoms with E-state index < -0.39 is 11.7 Å². The Bertz CT molecular complexity index is 832. The normalized spacial score (nSPS) is 14.6. The summed E-state index contributed by atoms with van der Waals surface area (Å²) in [4.78, 5) is 12.5. The highest BCUT2D eigenvalue weighted by atomic mass is 19.4. The van der Waals surface area contributed by atoms with Crippen LogP contribution in [0, 0.1) is 5.92 Å². The minimum atomic E-state index is -4.39. The van der Waals surface area contributed by atoms with Crippen molar-refractivity contribution in [3.63, 3.8) is 0 Å². The molecule has 0 aromatic heterocycles. The largest absolute Gasteiger partial charge is 0.486 e. The highest BCUT2D eigenvalue weighted by Crippen LogP contribution is 2.34. The van der Waals surface area contributed by atoms with Crippen LogP contribution in [0.25, 0.3) is 0 Å². The molecule has 0 saturated heterocycles. The van der Waals surface area contributed by atoms with Crippen LogP contribution < -0.4 is 14.8 Å². The number of rotatable bonds is 5. The third-order valence-corrected chi connectivity index (χ3v) is 4.55. The maximum atomic E-state index is 12.7. The first-order valence-corrected chi connectivity index (χ1v) is 9.09. The van der Waals surface area contributed by atoms with Crippen molar-refractivity contribution >= 4 is 5.91 Å². The maximum absolute atomic E-state index is 12.7. The second kappa shape index (κ2) is 8.12. The molecule has 0 bridgehead atoms. The smallest absolute Gasteiger partial charge is 0.416 e. The number of hydrogen-bond acceptors (Lipinski definition) is 3. The molecule has 1 atom stereocenters. The first-order valence-electron chi connectivity index (χ1n) is 9.09. The highest BCUT2D eigenvalue weighted by Gasteiger charge is 2.30. The van der Waals surface area contributed by atoms with E-state index >= 15 is 0 Å². The van der Waals surface area contributed by atoms with Crippen molar-refractivity contribution in [1.82, 2.24) is 5.32 Å². The predicted octanol–water partition coefficient (Wildman–Crippen LogP) is 4.53. The van der Waals surface area contributed by atoms with Gasteiger partial charge in [-0.25, -0.2) is 0 Å². The summed E-state index contributed by atoms with van der Waals surface area (Å²) in [6, 6.07) is 9.95. The lowest BCUT2D eigenvalue weighted by atomic mass is 9.95. The average molecular weight is 393 g/mol. The summed E-state index contributed by atoms with van der Waals surface area (Å²) in [5, 5.41) is 2.98. The van der Waals surface area contributed by atoms with E-state index in [0.717, 1.165) is 17.7 Å². The molecule has 3 rings (SSSR count). The minimum Gasteiger partial charge on any atom is -0.486 e. The molecule has 28 heavy (non-hydrogen) atoms. The summed E-state index contributed by atoms with van der Waals surface area (Å²) < 4.78 is 49.1. The average Bonchev–Trinajstić information content (AvgIpc) is 2.65. The molecule has 1 amide bonds. The summed E-state index contributed by atoms with van der Waals surface area (Å²) in [6.07, 6.45) is -4.38. The lowest BCUT2D eigenvalue weighted by Crippen LogP contribution is -2.33. The van der Waals surface area contributed by atoms with Crippen LogP contribution in [-0.2, 0) is 17.4 Å². The van der Waals surface area contributed by atoms with Gasteiger partial charge in [0.1, 0.15) is 13.2 Å². The Morgan fingerprint density at radius 2 is 1.68 bits per heavy atom. The van der Waals surface area contributed by atoms with Gasteiger partial charge >= 0.3 is 6.18 Å². The number of carbonyl (C=O) groups excluding carboxylic acids is 1. The van der Waals surface area contributed by atoms with E-state index in [4.69, 9.17) is 9.47 Å². The van der Waals surface area contributed by atoms with Gasteiger partial charge in [0.15, 0.2) is 11.5 Å². The Hall–Kier alpha value is -2.70. The Morgan fingerprint density at radius 3 is 2.29 bits per heavy atom. The number of nitrogens with one attached hydrogen (secondary N) is 1. The number of ether oxygens (including phenoxy) is 2. The molecule has 2 aromatic rings. The van der Waals surface area contributed by atoms with Crippen LogP contribution in [0.1, 0.15) is 36.6 Å². The molecule has 1 N–H and O–H groups in total. The van der Waals surface area contributed by atoms with Crippen molar-refractivity contribution in [2.45, 2.75) is 32.5 Å². The maximum Gasteiger partial charge on any atom is 0.416 e. The zero-order valence-electron chi connectivity index (χ0n) is 15.7. The van der Waals surface area contributed by atoms with Crippen molar-refractivity contribution in [3.8, 4) is 11.5 Å². The molecule has 0 unspecified atom stereocenters. The molecular formula is C21H22F3NO3. The van der Waals surface area contributed by atoms with Gasteiger partial charge in [0.2, 0.25) is 5.91 Å². The fraction of sp³-hybridized carbons (Fsp3) is 0.381. The van der Waals surface area contributed by atoms with Crippen LogP contribution in [0.4, 0.5) is 13.2 Å². The van der Waals surface area contributed by atoms with Gasteiger partial charge in [0.25, 0.3) is 0 Å². The molecule has 1 aliphatic heterocycles. The van der Waals surface area contributed by atoms with Crippen LogP contribution in [0.15, 0.2) is 42.5 Å². The van der Waals surface area contributed by atoms with Crippen molar-refractivity contribution in [3.05, 3.63) is 59.2 Å². The highest BCUT2D eigenvalue weighted by molar-refractivity contribution is 5.79. The van der Waals surface area contributed by atoms with Crippen molar-refractivity contribution in [2.24, 2.45) is 5.92 Å². The lowest BCUT2D eigenvalue weighted by molar-refractivity contribution is -0.137. The molecule has 1 heterocycles. The Labute approximate surface area is 161 Å².